The molecular formula is C25H23N5O. The lowest BCUT2D eigenvalue weighted by Crippen LogP contribution is -2.27. The van der Waals surface area contributed by atoms with Crippen LogP contribution < -0.4 is 5.32 Å². The van der Waals surface area contributed by atoms with E-state index in [2.05, 4.69) is 21.4 Å². The van der Waals surface area contributed by atoms with Crippen molar-refractivity contribution in [3.63, 3.8) is 0 Å². The van der Waals surface area contributed by atoms with Crippen molar-refractivity contribution in [2.45, 2.75) is 19.8 Å². The van der Waals surface area contributed by atoms with Crippen LogP contribution in [0.3, 0.4) is 0 Å². The van der Waals surface area contributed by atoms with E-state index in [9.17, 15) is 4.79 Å². The largest absolute Gasteiger partial charge is 0.339 e. The molecule has 6 nitrogen and oxygen atoms in total. The van der Waals surface area contributed by atoms with Gasteiger partial charge in [0, 0.05) is 58.9 Å². The monoisotopic (exact) mass is 409 g/mol. The SMILES string of the molecule is Cc1ccc(-c2cccc3cnc(Nc4ccc(C(=O)N5CCCC5)cc4)nc23)cn1. The molecular weight excluding hydrogens is 386 g/mol. The third-order valence-electron chi connectivity index (χ3n) is 5.61. The number of nitrogens with zero attached hydrogens (tertiary/aromatic N) is 4. The number of rotatable bonds is 4. The van der Waals surface area contributed by atoms with E-state index in [0.29, 0.717) is 11.5 Å². The zero-order chi connectivity index (χ0) is 21.2. The minimum absolute atomic E-state index is 0.0994. The molecule has 2 aromatic carbocycles. The number of pyridine rings is 1. The van der Waals surface area contributed by atoms with Crippen LogP contribution in [0.4, 0.5) is 11.6 Å². The molecule has 154 valence electrons. The molecule has 0 aliphatic carbocycles. The van der Waals surface area contributed by atoms with Crippen molar-refractivity contribution in [2.24, 2.45) is 0 Å². The Morgan fingerprint density at radius 1 is 0.935 bits per heavy atom. The Labute approximate surface area is 181 Å². The summed E-state index contributed by atoms with van der Waals surface area (Å²) in [6.07, 6.45) is 5.87. The van der Waals surface area contributed by atoms with Crippen LogP contribution in [0.2, 0.25) is 0 Å². The van der Waals surface area contributed by atoms with Gasteiger partial charge in [0.25, 0.3) is 5.91 Å². The lowest BCUT2D eigenvalue weighted by Gasteiger charge is -2.15. The second-order valence-electron chi connectivity index (χ2n) is 7.83. The van der Waals surface area contributed by atoms with Crippen LogP contribution in [-0.4, -0.2) is 38.8 Å². The molecule has 0 radical (unpaired) electrons. The van der Waals surface area contributed by atoms with Crippen LogP contribution in [0.15, 0.2) is 67.0 Å². The van der Waals surface area contributed by atoms with Gasteiger partial charge < -0.3 is 10.2 Å². The summed E-state index contributed by atoms with van der Waals surface area (Å²) in [6, 6.07) is 17.6. The molecule has 31 heavy (non-hydrogen) atoms. The lowest BCUT2D eigenvalue weighted by atomic mass is 10.0. The molecule has 1 amide bonds. The van der Waals surface area contributed by atoms with Crippen LogP contribution in [0.5, 0.6) is 0 Å². The van der Waals surface area contributed by atoms with Crippen LogP contribution in [0.25, 0.3) is 22.0 Å². The molecule has 0 atom stereocenters. The number of para-hydroxylation sites is 1. The molecule has 6 heteroatoms. The summed E-state index contributed by atoms with van der Waals surface area (Å²) in [4.78, 5) is 28.1. The summed E-state index contributed by atoms with van der Waals surface area (Å²) >= 11 is 0. The van der Waals surface area contributed by atoms with Gasteiger partial charge in [-0.3, -0.25) is 9.78 Å². The lowest BCUT2D eigenvalue weighted by molar-refractivity contribution is 0.0793. The Morgan fingerprint density at radius 2 is 1.74 bits per heavy atom. The third-order valence-corrected chi connectivity index (χ3v) is 5.61. The van der Waals surface area contributed by atoms with Crippen LogP contribution in [0.1, 0.15) is 28.9 Å². The number of aryl methyl sites for hydroxylation is 1. The van der Waals surface area contributed by atoms with E-state index in [1.54, 1.807) is 0 Å². The average molecular weight is 409 g/mol. The molecule has 1 fully saturated rings. The molecule has 1 saturated heterocycles. The number of carbonyl (C=O) groups excluding carboxylic acids is 1. The smallest absolute Gasteiger partial charge is 0.253 e. The minimum atomic E-state index is 0.0994. The molecule has 4 aromatic rings. The van der Waals surface area contributed by atoms with Gasteiger partial charge in [-0.15, -0.1) is 0 Å². The van der Waals surface area contributed by atoms with Gasteiger partial charge in [-0.2, -0.15) is 0 Å². The van der Waals surface area contributed by atoms with Gasteiger partial charge in [0.2, 0.25) is 5.95 Å². The number of carbonyl (C=O) groups is 1. The molecule has 3 heterocycles. The fraction of sp³-hybridized carbons (Fsp3) is 0.200. The molecule has 0 spiro atoms. The van der Waals surface area contributed by atoms with Crippen molar-refractivity contribution < 1.29 is 4.79 Å². The first-order valence-electron chi connectivity index (χ1n) is 10.5. The maximum absolute atomic E-state index is 12.5. The second-order valence-corrected chi connectivity index (χ2v) is 7.83. The molecule has 2 aromatic heterocycles. The number of benzene rings is 2. The summed E-state index contributed by atoms with van der Waals surface area (Å²) in [6.45, 7) is 3.67. The van der Waals surface area contributed by atoms with Gasteiger partial charge in [0.05, 0.1) is 5.52 Å². The second kappa shape index (κ2) is 8.14. The van der Waals surface area contributed by atoms with Gasteiger partial charge in [-0.25, -0.2) is 9.97 Å². The van der Waals surface area contributed by atoms with E-state index in [1.165, 1.54) is 0 Å². The van der Waals surface area contributed by atoms with Gasteiger partial charge >= 0.3 is 0 Å². The average Bonchev–Trinajstić information content (AvgIpc) is 3.34. The Bertz CT molecular complexity index is 1230. The van der Waals surface area contributed by atoms with Gasteiger partial charge in [-0.1, -0.05) is 24.3 Å². The maximum Gasteiger partial charge on any atom is 0.253 e. The highest BCUT2D eigenvalue weighted by Gasteiger charge is 2.19. The first-order chi connectivity index (χ1) is 15.2. The minimum Gasteiger partial charge on any atom is -0.339 e. The predicted octanol–water partition coefficient (Wildman–Crippen LogP) is 4.98. The summed E-state index contributed by atoms with van der Waals surface area (Å²) in [5.74, 6) is 0.612. The van der Waals surface area contributed by atoms with Crippen molar-refractivity contribution in [3.8, 4) is 11.1 Å². The predicted molar refractivity (Wildman–Crippen MR) is 122 cm³/mol. The van der Waals surface area contributed by atoms with Crippen molar-refractivity contribution >= 4 is 28.4 Å². The number of nitrogens with one attached hydrogen (secondary N) is 1. The van der Waals surface area contributed by atoms with E-state index in [4.69, 9.17) is 4.98 Å². The fourth-order valence-corrected chi connectivity index (χ4v) is 3.90. The number of aromatic nitrogens is 3. The number of likely N-dealkylation sites (tertiary alicyclic amines) is 1. The van der Waals surface area contributed by atoms with E-state index in [-0.39, 0.29) is 5.91 Å². The quantitative estimate of drug-likeness (QED) is 0.515. The molecule has 0 bridgehead atoms. The van der Waals surface area contributed by atoms with E-state index in [1.807, 2.05) is 72.7 Å². The van der Waals surface area contributed by atoms with Crippen LogP contribution >= 0.6 is 0 Å². The van der Waals surface area contributed by atoms with E-state index < -0.39 is 0 Å². The fourth-order valence-electron chi connectivity index (χ4n) is 3.90. The molecule has 1 aliphatic heterocycles. The zero-order valence-corrected chi connectivity index (χ0v) is 17.4. The van der Waals surface area contributed by atoms with Crippen molar-refractivity contribution in [3.05, 3.63) is 78.2 Å². The van der Waals surface area contributed by atoms with Crippen LogP contribution in [0, 0.1) is 6.92 Å². The Kier molecular flexibility index (Phi) is 5.04. The number of anilines is 2. The number of hydrogen-bond acceptors (Lipinski definition) is 5. The number of amides is 1. The van der Waals surface area contributed by atoms with Crippen molar-refractivity contribution in [2.75, 3.05) is 18.4 Å². The topological polar surface area (TPSA) is 71.0 Å². The molecule has 5 rings (SSSR count). The summed E-state index contributed by atoms with van der Waals surface area (Å²) < 4.78 is 0. The first kappa shape index (κ1) is 19.2. The Balaban J connectivity index is 1.41. The Morgan fingerprint density at radius 3 is 2.48 bits per heavy atom. The highest BCUT2D eigenvalue weighted by molar-refractivity contribution is 5.95. The number of hydrogen-bond donors (Lipinski definition) is 1. The highest BCUT2D eigenvalue weighted by Crippen LogP contribution is 2.28. The molecule has 1 N–H and O–H groups in total. The van der Waals surface area contributed by atoms with Gasteiger partial charge in [0.1, 0.15) is 0 Å². The highest BCUT2D eigenvalue weighted by atomic mass is 16.2. The standard InChI is InChI=1S/C25H23N5O/c1-17-7-8-19(15-26-17)22-6-4-5-20-16-27-25(29-23(20)22)28-21-11-9-18(10-12-21)24(31)30-13-2-3-14-30/h4-12,15-16H,2-3,13-14H2,1H3,(H,27,28,29). The first-order valence-corrected chi connectivity index (χ1v) is 10.5. The van der Waals surface area contributed by atoms with Crippen molar-refractivity contribution in [1.82, 2.24) is 19.9 Å². The normalized spacial score (nSPS) is 13.5. The molecule has 1 aliphatic rings. The number of fused-ring (bicyclic) bond motifs is 1. The van der Waals surface area contributed by atoms with E-state index in [0.717, 1.165) is 59.3 Å². The molecule has 0 saturated carbocycles. The van der Waals surface area contributed by atoms with Gasteiger partial charge in [0.15, 0.2) is 0 Å². The Hall–Kier alpha value is -3.80. The summed E-state index contributed by atoms with van der Waals surface area (Å²) in [5.41, 5.74) is 5.43. The van der Waals surface area contributed by atoms with Crippen molar-refractivity contribution in [1.29, 1.82) is 0 Å². The summed E-state index contributed by atoms with van der Waals surface area (Å²) in [5, 5.41) is 4.22. The van der Waals surface area contributed by atoms with Gasteiger partial charge in [-0.05, 0) is 50.1 Å². The third kappa shape index (κ3) is 3.97. The van der Waals surface area contributed by atoms with Crippen LogP contribution in [-0.2, 0) is 0 Å². The molecule has 0 unspecified atom stereocenters. The maximum atomic E-state index is 12.5. The zero-order valence-electron chi connectivity index (χ0n) is 17.4. The van der Waals surface area contributed by atoms with E-state index >= 15 is 0 Å². The summed E-state index contributed by atoms with van der Waals surface area (Å²) in [7, 11) is 0.